The van der Waals surface area contributed by atoms with Crippen LogP contribution in [0.5, 0.6) is 0 Å². The molecule has 0 amide bonds. The van der Waals surface area contributed by atoms with Gasteiger partial charge < -0.3 is 16.6 Å². The lowest BCUT2D eigenvalue weighted by Gasteiger charge is -2.33. The van der Waals surface area contributed by atoms with Gasteiger partial charge in [-0.15, -0.1) is 19.0 Å². The SMILES string of the molecule is C=CCN(C(C)N)C(C(=O)O)C(C)N.Cl. The maximum atomic E-state index is 11.0. The molecule has 0 aliphatic rings. The van der Waals surface area contributed by atoms with Crippen molar-refractivity contribution >= 4 is 18.4 Å². The van der Waals surface area contributed by atoms with E-state index in [2.05, 4.69) is 6.58 Å². The fourth-order valence-corrected chi connectivity index (χ4v) is 1.35. The van der Waals surface area contributed by atoms with E-state index < -0.39 is 18.1 Å². The van der Waals surface area contributed by atoms with E-state index in [0.717, 1.165) is 0 Å². The fraction of sp³-hybridized carbons (Fsp3) is 0.667. The summed E-state index contributed by atoms with van der Waals surface area (Å²) in [6, 6.07) is -1.24. The van der Waals surface area contributed by atoms with E-state index in [4.69, 9.17) is 16.6 Å². The molecule has 0 saturated carbocycles. The number of nitrogens with two attached hydrogens (primary N) is 2. The number of nitrogens with zero attached hydrogens (tertiary/aromatic N) is 1. The van der Waals surface area contributed by atoms with Crippen LogP contribution in [0.1, 0.15) is 13.8 Å². The van der Waals surface area contributed by atoms with Crippen LogP contribution in [0.3, 0.4) is 0 Å². The van der Waals surface area contributed by atoms with Gasteiger partial charge in [-0.1, -0.05) is 6.08 Å². The van der Waals surface area contributed by atoms with Crippen molar-refractivity contribution in [2.24, 2.45) is 11.5 Å². The van der Waals surface area contributed by atoms with Gasteiger partial charge in [-0.3, -0.25) is 9.69 Å². The summed E-state index contributed by atoms with van der Waals surface area (Å²) < 4.78 is 0. The lowest BCUT2D eigenvalue weighted by atomic mass is 10.1. The molecule has 0 radical (unpaired) electrons. The van der Waals surface area contributed by atoms with Gasteiger partial charge in [-0.25, -0.2) is 0 Å². The zero-order chi connectivity index (χ0) is 11.3. The zero-order valence-electron chi connectivity index (χ0n) is 9.09. The molecule has 0 aromatic heterocycles. The van der Waals surface area contributed by atoms with Gasteiger partial charge in [-0.05, 0) is 13.8 Å². The van der Waals surface area contributed by atoms with E-state index in [1.165, 1.54) is 0 Å². The van der Waals surface area contributed by atoms with Crippen molar-refractivity contribution in [2.45, 2.75) is 32.1 Å². The Balaban J connectivity index is 0. The van der Waals surface area contributed by atoms with Crippen LogP contribution in [0.2, 0.25) is 0 Å². The third-order valence-corrected chi connectivity index (χ3v) is 1.97. The fourth-order valence-electron chi connectivity index (χ4n) is 1.35. The number of hydrogen-bond acceptors (Lipinski definition) is 4. The molecular weight excluding hydrogens is 218 g/mol. The second kappa shape index (κ2) is 7.64. The van der Waals surface area contributed by atoms with E-state index >= 15 is 0 Å². The summed E-state index contributed by atoms with van der Waals surface area (Å²) in [6.45, 7) is 7.34. The number of carboxylic acid groups (broad SMARTS) is 1. The zero-order valence-corrected chi connectivity index (χ0v) is 9.91. The van der Waals surface area contributed by atoms with Crippen LogP contribution in [0.15, 0.2) is 12.7 Å². The van der Waals surface area contributed by atoms with Crippen LogP contribution in [0, 0.1) is 0 Å². The molecule has 0 rings (SSSR count). The van der Waals surface area contributed by atoms with Crippen molar-refractivity contribution in [3.63, 3.8) is 0 Å². The molecule has 0 bridgehead atoms. The molecular formula is C9H20ClN3O2. The first-order chi connectivity index (χ1) is 6.41. The maximum Gasteiger partial charge on any atom is 0.322 e. The molecule has 0 aliphatic heterocycles. The van der Waals surface area contributed by atoms with E-state index in [-0.39, 0.29) is 18.6 Å². The van der Waals surface area contributed by atoms with E-state index in [0.29, 0.717) is 6.54 Å². The Hall–Kier alpha value is -0.620. The topological polar surface area (TPSA) is 92.6 Å². The molecule has 0 saturated heterocycles. The molecule has 3 unspecified atom stereocenters. The third kappa shape index (κ3) is 5.13. The molecule has 0 spiro atoms. The predicted molar refractivity (Wildman–Crippen MR) is 62.9 cm³/mol. The normalized spacial score (nSPS) is 16.3. The first kappa shape index (κ1) is 16.8. The van der Waals surface area contributed by atoms with Crippen molar-refractivity contribution in [3.05, 3.63) is 12.7 Å². The van der Waals surface area contributed by atoms with Gasteiger partial charge in [0, 0.05) is 12.6 Å². The quantitative estimate of drug-likeness (QED) is 0.447. The molecule has 5 nitrogen and oxygen atoms in total. The van der Waals surface area contributed by atoms with Gasteiger partial charge in [0.05, 0.1) is 6.17 Å². The average molecular weight is 238 g/mol. The largest absolute Gasteiger partial charge is 0.480 e. The first-order valence-corrected chi connectivity index (χ1v) is 4.52. The van der Waals surface area contributed by atoms with Crippen molar-refractivity contribution in [1.29, 1.82) is 0 Å². The highest BCUT2D eigenvalue weighted by molar-refractivity contribution is 5.85. The monoisotopic (exact) mass is 237 g/mol. The molecule has 3 atom stereocenters. The highest BCUT2D eigenvalue weighted by Gasteiger charge is 2.30. The van der Waals surface area contributed by atoms with E-state index in [1.54, 1.807) is 24.8 Å². The van der Waals surface area contributed by atoms with Crippen molar-refractivity contribution in [1.82, 2.24) is 4.90 Å². The number of carbonyl (C=O) groups is 1. The first-order valence-electron chi connectivity index (χ1n) is 4.52. The second-order valence-electron chi connectivity index (χ2n) is 3.37. The average Bonchev–Trinajstić information content (AvgIpc) is 2.01. The highest BCUT2D eigenvalue weighted by atomic mass is 35.5. The van der Waals surface area contributed by atoms with Gasteiger partial charge in [0.15, 0.2) is 0 Å². The minimum Gasteiger partial charge on any atom is -0.480 e. The molecule has 0 fully saturated rings. The van der Waals surface area contributed by atoms with E-state index in [1.807, 2.05) is 0 Å². The van der Waals surface area contributed by atoms with Gasteiger partial charge in [-0.2, -0.15) is 0 Å². The van der Waals surface area contributed by atoms with Crippen LogP contribution in [0.4, 0.5) is 0 Å². The molecule has 0 heterocycles. The Morgan fingerprint density at radius 2 is 2.00 bits per heavy atom. The molecule has 6 heteroatoms. The Bertz CT molecular complexity index is 210. The summed E-state index contributed by atoms with van der Waals surface area (Å²) in [5.74, 6) is -0.959. The predicted octanol–water partition coefficient (Wildman–Crippen LogP) is 0.00130. The molecule has 0 aromatic rings. The van der Waals surface area contributed by atoms with Crippen molar-refractivity contribution in [3.8, 4) is 0 Å². The van der Waals surface area contributed by atoms with Crippen LogP contribution in [-0.4, -0.2) is 40.8 Å². The Morgan fingerprint density at radius 3 is 2.20 bits per heavy atom. The highest BCUT2D eigenvalue weighted by Crippen LogP contribution is 2.06. The van der Waals surface area contributed by atoms with Crippen LogP contribution < -0.4 is 11.5 Å². The number of carboxylic acids is 1. The summed E-state index contributed by atoms with van der Waals surface area (Å²) in [7, 11) is 0. The lowest BCUT2D eigenvalue weighted by Crippen LogP contribution is -2.56. The second-order valence-corrected chi connectivity index (χ2v) is 3.37. The molecule has 0 aromatic carbocycles. The molecule has 90 valence electrons. The standard InChI is InChI=1S/C9H19N3O2.ClH/c1-4-5-12(7(3)11)8(6(2)10)9(13)14;/h4,6-8H,1,5,10-11H2,2-3H3,(H,13,14);1H. The minimum absolute atomic E-state index is 0. The van der Waals surface area contributed by atoms with Crippen molar-refractivity contribution < 1.29 is 9.90 Å². The summed E-state index contributed by atoms with van der Waals surface area (Å²) >= 11 is 0. The van der Waals surface area contributed by atoms with E-state index in [9.17, 15) is 4.79 Å². The van der Waals surface area contributed by atoms with Gasteiger partial charge in [0.2, 0.25) is 0 Å². The lowest BCUT2D eigenvalue weighted by molar-refractivity contribution is -0.144. The Labute approximate surface area is 96.5 Å². The summed E-state index contributed by atoms with van der Waals surface area (Å²) in [6.07, 6.45) is 1.25. The molecule has 15 heavy (non-hydrogen) atoms. The van der Waals surface area contributed by atoms with Gasteiger partial charge in [0.25, 0.3) is 0 Å². The Kier molecular flexibility index (Phi) is 8.56. The number of aliphatic carboxylic acids is 1. The third-order valence-electron chi connectivity index (χ3n) is 1.97. The van der Waals surface area contributed by atoms with Crippen molar-refractivity contribution in [2.75, 3.05) is 6.54 Å². The molecule has 0 aliphatic carbocycles. The van der Waals surface area contributed by atoms with Gasteiger partial charge >= 0.3 is 5.97 Å². The number of halogens is 1. The summed E-state index contributed by atoms with van der Waals surface area (Å²) in [5.41, 5.74) is 11.3. The maximum absolute atomic E-state index is 11.0. The summed E-state index contributed by atoms with van der Waals surface area (Å²) in [5, 5.41) is 8.98. The van der Waals surface area contributed by atoms with Crippen LogP contribution in [0.25, 0.3) is 0 Å². The number of hydrogen-bond donors (Lipinski definition) is 3. The van der Waals surface area contributed by atoms with Crippen LogP contribution >= 0.6 is 12.4 Å². The smallest absolute Gasteiger partial charge is 0.322 e. The Morgan fingerprint density at radius 1 is 1.53 bits per heavy atom. The van der Waals surface area contributed by atoms with Crippen LogP contribution in [-0.2, 0) is 4.79 Å². The summed E-state index contributed by atoms with van der Waals surface area (Å²) in [4.78, 5) is 12.5. The van der Waals surface area contributed by atoms with Gasteiger partial charge in [0.1, 0.15) is 6.04 Å². The minimum atomic E-state index is -0.959. The molecule has 5 N–H and O–H groups in total. The number of rotatable bonds is 6.